The minimum atomic E-state index is -3.81. The van der Waals surface area contributed by atoms with Gasteiger partial charge in [0.05, 0.1) is 10.6 Å². The predicted octanol–water partition coefficient (Wildman–Crippen LogP) is 4.32. The van der Waals surface area contributed by atoms with Crippen LogP contribution in [-0.2, 0) is 10.0 Å². The van der Waals surface area contributed by atoms with E-state index in [4.69, 9.17) is 11.6 Å². The lowest BCUT2D eigenvalue weighted by atomic mass is 10.2. The second-order valence-corrected chi connectivity index (χ2v) is 8.29. The van der Waals surface area contributed by atoms with Crippen molar-refractivity contribution < 1.29 is 13.2 Å². The molecule has 2 aromatic rings. The molecule has 5 nitrogen and oxygen atoms in total. The van der Waals surface area contributed by atoms with Crippen LogP contribution in [0.4, 0.5) is 5.69 Å². The van der Waals surface area contributed by atoms with E-state index in [9.17, 15) is 13.2 Å². The lowest BCUT2D eigenvalue weighted by Gasteiger charge is -2.17. The van der Waals surface area contributed by atoms with Crippen LogP contribution in [0.1, 0.15) is 35.7 Å². The fraction of sp³-hybridized carbons (Fsp3) is 0.316. The van der Waals surface area contributed by atoms with E-state index >= 15 is 0 Å². The fourth-order valence-electron chi connectivity index (χ4n) is 2.46. The number of amides is 1. The van der Waals surface area contributed by atoms with Crippen molar-refractivity contribution in [2.75, 3.05) is 18.3 Å². The van der Waals surface area contributed by atoms with Gasteiger partial charge in [-0.2, -0.15) is 0 Å². The first-order valence-electron chi connectivity index (χ1n) is 8.39. The third-order valence-electron chi connectivity index (χ3n) is 4.02. The number of rotatable bonds is 7. The number of hydrogen-bond donors (Lipinski definition) is 1. The van der Waals surface area contributed by atoms with Crippen molar-refractivity contribution in [1.29, 1.82) is 0 Å². The number of halogens is 1. The molecule has 0 spiro atoms. The molecule has 0 unspecified atom stereocenters. The Morgan fingerprint density at radius 1 is 1.19 bits per heavy atom. The van der Waals surface area contributed by atoms with Crippen LogP contribution < -0.4 is 4.72 Å². The van der Waals surface area contributed by atoms with Gasteiger partial charge in [-0.05, 0) is 55.3 Å². The Kier molecular flexibility index (Phi) is 6.67. The van der Waals surface area contributed by atoms with E-state index in [1.54, 1.807) is 49.2 Å². The first-order valence-corrected chi connectivity index (χ1v) is 10.2. The quantitative estimate of drug-likeness (QED) is 0.760. The van der Waals surface area contributed by atoms with E-state index in [-0.39, 0.29) is 10.8 Å². The largest absolute Gasteiger partial charge is 0.342 e. The van der Waals surface area contributed by atoms with Crippen LogP contribution in [0, 0.1) is 6.92 Å². The maximum atomic E-state index is 12.7. The molecule has 0 aliphatic rings. The third kappa shape index (κ3) is 4.99. The van der Waals surface area contributed by atoms with Crippen LogP contribution in [-0.4, -0.2) is 32.8 Å². The van der Waals surface area contributed by atoms with Crippen molar-refractivity contribution in [3.63, 3.8) is 0 Å². The smallest absolute Gasteiger partial charge is 0.261 e. The minimum absolute atomic E-state index is 0.0431. The molecular weight excluding hydrogens is 372 g/mol. The Hall–Kier alpha value is -2.05. The van der Waals surface area contributed by atoms with Gasteiger partial charge in [0.2, 0.25) is 0 Å². The topological polar surface area (TPSA) is 66.5 Å². The number of unbranched alkanes of at least 4 members (excludes halogenated alkanes) is 1. The van der Waals surface area contributed by atoms with E-state index in [1.807, 2.05) is 0 Å². The molecule has 0 saturated heterocycles. The summed E-state index contributed by atoms with van der Waals surface area (Å²) in [5.41, 5.74) is 1.51. The van der Waals surface area contributed by atoms with E-state index in [0.29, 0.717) is 28.4 Å². The van der Waals surface area contributed by atoms with Crippen LogP contribution in [0.5, 0.6) is 0 Å². The average Bonchev–Trinajstić information content (AvgIpc) is 2.61. The summed E-state index contributed by atoms with van der Waals surface area (Å²) >= 11 is 5.91. The van der Waals surface area contributed by atoms with Crippen LogP contribution >= 0.6 is 11.6 Å². The summed E-state index contributed by atoms with van der Waals surface area (Å²) in [4.78, 5) is 14.1. The molecule has 26 heavy (non-hydrogen) atoms. The summed E-state index contributed by atoms with van der Waals surface area (Å²) in [6.45, 7) is 4.46. The first kappa shape index (κ1) is 20.3. The molecule has 1 amide bonds. The van der Waals surface area contributed by atoms with Crippen molar-refractivity contribution in [1.82, 2.24) is 4.90 Å². The number of carbonyl (C=O) groups is 1. The lowest BCUT2D eigenvalue weighted by molar-refractivity contribution is 0.0793. The molecule has 1 N–H and O–H groups in total. The number of aryl methyl sites for hydroxylation is 1. The van der Waals surface area contributed by atoms with Gasteiger partial charge < -0.3 is 4.90 Å². The van der Waals surface area contributed by atoms with Crippen LogP contribution in [0.25, 0.3) is 0 Å². The number of benzene rings is 2. The Morgan fingerprint density at radius 2 is 1.92 bits per heavy atom. The molecule has 2 aromatic carbocycles. The minimum Gasteiger partial charge on any atom is -0.342 e. The van der Waals surface area contributed by atoms with E-state index in [1.165, 1.54) is 12.1 Å². The van der Waals surface area contributed by atoms with Gasteiger partial charge in [-0.1, -0.05) is 31.0 Å². The fourth-order valence-corrected chi connectivity index (χ4v) is 3.86. The van der Waals surface area contributed by atoms with Gasteiger partial charge in [0, 0.05) is 24.2 Å². The monoisotopic (exact) mass is 394 g/mol. The summed E-state index contributed by atoms with van der Waals surface area (Å²) in [6, 6.07) is 11.0. The maximum absolute atomic E-state index is 12.7. The van der Waals surface area contributed by atoms with Crippen LogP contribution in [0.15, 0.2) is 47.4 Å². The van der Waals surface area contributed by atoms with Crippen molar-refractivity contribution in [2.24, 2.45) is 0 Å². The summed E-state index contributed by atoms with van der Waals surface area (Å²) in [6.07, 6.45) is 1.88. The van der Waals surface area contributed by atoms with Crippen LogP contribution in [0.2, 0.25) is 5.02 Å². The van der Waals surface area contributed by atoms with E-state index in [0.717, 1.165) is 12.8 Å². The Balaban J connectivity index is 2.26. The van der Waals surface area contributed by atoms with Gasteiger partial charge in [-0.15, -0.1) is 0 Å². The molecule has 0 bridgehead atoms. The highest BCUT2D eigenvalue weighted by molar-refractivity contribution is 7.92. The summed E-state index contributed by atoms with van der Waals surface area (Å²) < 4.78 is 27.9. The van der Waals surface area contributed by atoms with Gasteiger partial charge >= 0.3 is 0 Å². The molecule has 0 aromatic heterocycles. The van der Waals surface area contributed by atoms with E-state index in [2.05, 4.69) is 11.6 Å². The van der Waals surface area contributed by atoms with Gasteiger partial charge in [-0.25, -0.2) is 8.42 Å². The normalized spacial score (nSPS) is 11.2. The summed E-state index contributed by atoms with van der Waals surface area (Å²) in [5, 5.41) is 0.535. The number of nitrogens with zero attached hydrogens (tertiary/aromatic N) is 1. The molecule has 140 valence electrons. The third-order valence-corrected chi connectivity index (χ3v) is 5.62. The first-order chi connectivity index (χ1) is 12.2. The second-order valence-electron chi connectivity index (χ2n) is 6.17. The zero-order chi connectivity index (χ0) is 19.3. The Morgan fingerprint density at radius 3 is 2.58 bits per heavy atom. The molecule has 0 atom stereocenters. The van der Waals surface area contributed by atoms with Crippen molar-refractivity contribution >= 4 is 33.2 Å². The highest BCUT2D eigenvalue weighted by Crippen LogP contribution is 2.23. The van der Waals surface area contributed by atoms with Crippen molar-refractivity contribution in [2.45, 2.75) is 31.6 Å². The second kappa shape index (κ2) is 8.56. The molecule has 0 aliphatic carbocycles. The van der Waals surface area contributed by atoms with E-state index < -0.39 is 10.0 Å². The maximum Gasteiger partial charge on any atom is 0.261 e. The zero-order valence-corrected chi connectivity index (χ0v) is 16.7. The predicted molar refractivity (Wildman–Crippen MR) is 105 cm³/mol. The Bertz CT molecular complexity index is 897. The lowest BCUT2D eigenvalue weighted by Crippen LogP contribution is -2.28. The standard InChI is InChI=1S/C19H23ClN2O3S/c1-4-5-11-22(3)19(23)15-7-6-8-17(13-15)26(24,25)21-18-10-9-16(20)12-14(18)2/h6-10,12-13,21H,4-5,11H2,1-3H3. The molecule has 0 saturated carbocycles. The SMILES string of the molecule is CCCCN(C)C(=O)c1cccc(S(=O)(=O)Nc2ccc(Cl)cc2C)c1. The number of nitrogens with one attached hydrogen (secondary N) is 1. The zero-order valence-electron chi connectivity index (χ0n) is 15.1. The number of anilines is 1. The number of hydrogen-bond acceptors (Lipinski definition) is 3. The van der Waals surface area contributed by atoms with Crippen LogP contribution in [0.3, 0.4) is 0 Å². The van der Waals surface area contributed by atoms with Gasteiger partial charge in [0.15, 0.2) is 0 Å². The average molecular weight is 395 g/mol. The van der Waals surface area contributed by atoms with Gasteiger partial charge in [0.25, 0.3) is 15.9 Å². The molecule has 0 fully saturated rings. The van der Waals surface area contributed by atoms with Crippen molar-refractivity contribution in [3.8, 4) is 0 Å². The number of carbonyl (C=O) groups excluding carboxylic acids is 1. The molecule has 0 radical (unpaired) electrons. The molecule has 2 rings (SSSR count). The molecule has 0 aliphatic heterocycles. The summed E-state index contributed by atoms with van der Waals surface area (Å²) in [7, 11) is -2.09. The number of sulfonamides is 1. The van der Waals surface area contributed by atoms with Gasteiger partial charge in [0.1, 0.15) is 0 Å². The Labute approximate surface area is 160 Å². The summed E-state index contributed by atoms with van der Waals surface area (Å²) in [5.74, 6) is -0.196. The molecule has 0 heterocycles. The molecule has 7 heteroatoms. The highest BCUT2D eigenvalue weighted by atomic mass is 35.5. The van der Waals surface area contributed by atoms with Gasteiger partial charge in [-0.3, -0.25) is 9.52 Å². The molecular formula is C19H23ClN2O3S. The van der Waals surface area contributed by atoms with Crippen molar-refractivity contribution in [3.05, 3.63) is 58.6 Å². The highest BCUT2D eigenvalue weighted by Gasteiger charge is 2.18.